The molecule has 2 saturated heterocycles. The number of nitrogens with one attached hydrogen (secondary N) is 1. The van der Waals surface area contributed by atoms with Gasteiger partial charge in [0, 0.05) is 50.6 Å². The van der Waals surface area contributed by atoms with Crippen molar-refractivity contribution in [3.8, 4) is 0 Å². The topological polar surface area (TPSA) is 73.0 Å². The normalized spacial score (nSPS) is 15.8. The molecule has 186 valence electrons. The fourth-order valence-corrected chi connectivity index (χ4v) is 5.33. The molecule has 0 radical (unpaired) electrons. The minimum Gasteiger partial charge on any atom is -0.367 e. The summed E-state index contributed by atoms with van der Waals surface area (Å²) in [7, 11) is 0. The number of anilines is 2. The lowest BCUT2D eigenvalue weighted by Crippen LogP contribution is -2.49. The molecule has 0 unspecified atom stereocenters. The van der Waals surface area contributed by atoms with E-state index in [9.17, 15) is 18.8 Å². The Balaban J connectivity index is 1.35. The predicted molar refractivity (Wildman–Crippen MR) is 138 cm³/mol. The van der Waals surface area contributed by atoms with E-state index >= 15 is 0 Å². The van der Waals surface area contributed by atoms with Crippen LogP contribution < -0.4 is 10.2 Å². The molecule has 0 aliphatic carbocycles. The highest BCUT2D eigenvalue weighted by molar-refractivity contribution is 7.12. The highest BCUT2D eigenvalue weighted by Gasteiger charge is 2.28. The first-order valence-corrected chi connectivity index (χ1v) is 13.0. The first-order chi connectivity index (χ1) is 17.5. The van der Waals surface area contributed by atoms with E-state index < -0.39 is 5.82 Å². The first kappa shape index (κ1) is 24.0. The lowest BCUT2D eigenvalue weighted by Gasteiger charge is -2.37. The molecule has 1 N–H and O–H groups in total. The maximum atomic E-state index is 14.1. The smallest absolute Gasteiger partial charge is 0.265 e. The Hall–Kier alpha value is -3.72. The number of nitrogens with zero attached hydrogens (tertiary/aromatic N) is 3. The van der Waals surface area contributed by atoms with E-state index in [1.165, 1.54) is 23.5 Å². The summed E-state index contributed by atoms with van der Waals surface area (Å²) >= 11 is 1.36. The average molecular weight is 507 g/mol. The fourth-order valence-electron chi connectivity index (χ4n) is 4.71. The van der Waals surface area contributed by atoms with Crippen molar-refractivity contribution in [2.75, 3.05) is 49.5 Å². The summed E-state index contributed by atoms with van der Waals surface area (Å²) in [6.45, 7) is 3.30. The Morgan fingerprint density at radius 2 is 1.47 bits per heavy atom. The number of rotatable bonds is 5. The van der Waals surface area contributed by atoms with Crippen molar-refractivity contribution in [3.05, 3.63) is 81.8 Å². The van der Waals surface area contributed by atoms with E-state index in [0.29, 0.717) is 42.3 Å². The van der Waals surface area contributed by atoms with Gasteiger partial charge < -0.3 is 20.0 Å². The largest absolute Gasteiger partial charge is 0.367 e. The number of benzene rings is 2. The second kappa shape index (κ2) is 10.5. The SMILES string of the molecule is O=C(Nc1ccc(N2CCN(C(=O)c3ccccc3F)CC2)c(C(=O)N2CCCC2)c1)c1cccs1. The summed E-state index contributed by atoms with van der Waals surface area (Å²) in [5.41, 5.74) is 1.95. The summed E-state index contributed by atoms with van der Waals surface area (Å²) in [5, 5.41) is 4.74. The zero-order valence-corrected chi connectivity index (χ0v) is 20.6. The number of piperazine rings is 1. The van der Waals surface area contributed by atoms with Crippen LogP contribution in [-0.4, -0.2) is 66.8 Å². The van der Waals surface area contributed by atoms with Crippen LogP contribution in [0, 0.1) is 5.82 Å². The van der Waals surface area contributed by atoms with Gasteiger partial charge in [0.2, 0.25) is 0 Å². The maximum Gasteiger partial charge on any atom is 0.265 e. The van der Waals surface area contributed by atoms with Crippen LogP contribution in [-0.2, 0) is 0 Å². The molecule has 2 fully saturated rings. The number of carbonyl (C=O) groups excluding carboxylic acids is 3. The van der Waals surface area contributed by atoms with Gasteiger partial charge in [-0.3, -0.25) is 14.4 Å². The first-order valence-electron chi connectivity index (χ1n) is 12.1. The fraction of sp³-hybridized carbons (Fsp3) is 0.296. The number of likely N-dealkylation sites (tertiary alicyclic amines) is 1. The Morgan fingerprint density at radius 3 is 2.17 bits per heavy atom. The van der Waals surface area contributed by atoms with Crippen molar-refractivity contribution in [3.63, 3.8) is 0 Å². The minimum atomic E-state index is -0.524. The van der Waals surface area contributed by atoms with Crippen LogP contribution in [0.2, 0.25) is 0 Å². The van der Waals surface area contributed by atoms with E-state index in [-0.39, 0.29) is 23.3 Å². The molecule has 7 nitrogen and oxygen atoms in total. The van der Waals surface area contributed by atoms with Gasteiger partial charge >= 0.3 is 0 Å². The molecule has 0 atom stereocenters. The molecule has 3 amide bonds. The standard InChI is InChI=1S/C27H27FN4O3S/c28-22-7-2-1-6-20(22)26(34)32-15-13-30(14-16-32)23-10-9-19(29-25(33)24-8-5-17-36-24)18-21(23)27(35)31-11-3-4-12-31/h1-2,5-10,17-18H,3-4,11-16H2,(H,29,33). The summed E-state index contributed by atoms with van der Waals surface area (Å²) in [6, 6.07) is 15.0. The Bertz CT molecular complexity index is 1270. The molecule has 36 heavy (non-hydrogen) atoms. The zero-order chi connectivity index (χ0) is 25.1. The number of carbonyl (C=O) groups is 3. The van der Waals surface area contributed by atoms with Crippen molar-refractivity contribution in [2.24, 2.45) is 0 Å². The van der Waals surface area contributed by atoms with Crippen LogP contribution in [0.5, 0.6) is 0 Å². The molecule has 0 spiro atoms. The predicted octanol–water partition coefficient (Wildman–Crippen LogP) is 4.34. The van der Waals surface area contributed by atoms with Crippen LogP contribution in [0.4, 0.5) is 15.8 Å². The van der Waals surface area contributed by atoms with E-state index in [4.69, 9.17) is 0 Å². The summed E-state index contributed by atoms with van der Waals surface area (Å²) in [5.74, 6) is -1.12. The summed E-state index contributed by atoms with van der Waals surface area (Å²) in [6.07, 6.45) is 1.96. The van der Waals surface area contributed by atoms with E-state index in [1.54, 1.807) is 35.2 Å². The van der Waals surface area contributed by atoms with Crippen molar-refractivity contribution < 1.29 is 18.8 Å². The van der Waals surface area contributed by atoms with Gasteiger partial charge in [0.15, 0.2) is 0 Å². The molecule has 0 bridgehead atoms. The summed E-state index contributed by atoms with van der Waals surface area (Å²) in [4.78, 5) is 45.0. The molecule has 5 rings (SSSR count). The molecule has 2 aliphatic rings. The minimum absolute atomic E-state index is 0.0559. The van der Waals surface area contributed by atoms with Gasteiger partial charge in [-0.05, 0) is 54.6 Å². The third-order valence-electron chi connectivity index (χ3n) is 6.63. The van der Waals surface area contributed by atoms with Crippen LogP contribution >= 0.6 is 11.3 Å². The maximum absolute atomic E-state index is 14.1. The third-order valence-corrected chi connectivity index (χ3v) is 7.50. The number of thiophene rings is 1. The molecule has 2 aromatic carbocycles. The van der Waals surface area contributed by atoms with Crippen LogP contribution in [0.3, 0.4) is 0 Å². The van der Waals surface area contributed by atoms with Gasteiger partial charge in [-0.15, -0.1) is 11.3 Å². The number of hydrogen-bond acceptors (Lipinski definition) is 5. The zero-order valence-electron chi connectivity index (χ0n) is 19.8. The molecule has 2 aliphatic heterocycles. The molecule has 3 aromatic rings. The van der Waals surface area contributed by atoms with Gasteiger partial charge in [0.25, 0.3) is 17.7 Å². The van der Waals surface area contributed by atoms with Gasteiger partial charge in [-0.2, -0.15) is 0 Å². The lowest BCUT2D eigenvalue weighted by molar-refractivity contribution is 0.0738. The van der Waals surface area contributed by atoms with Gasteiger partial charge in [-0.1, -0.05) is 18.2 Å². The van der Waals surface area contributed by atoms with E-state index in [0.717, 1.165) is 31.6 Å². The summed E-state index contributed by atoms with van der Waals surface area (Å²) < 4.78 is 14.1. The van der Waals surface area contributed by atoms with Crippen molar-refractivity contribution in [1.82, 2.24) is 9.80 Å². The van der Waals surface area contributed by atoms with E-state index in [1.807, 2.05) is 22.4 Å². The molecule has 9 heteroatoms. The van der Waals surface area contributed by atoms with Crippen LogP contribution in [0.1, 0.15) is 43.2 Å². The van der Waals surface area contributed by atoms with Crippen molar-refractivity contribution in [2.45, 2.75) is 12.8 Å². The van der Waals surface area contributed by atoms with Gasteiger partial charge in [-0.25, -0.2) is 4.39 Å². The molecule has 3 heterocycles. The highest BCUT2D eigenvalue weighted by atomic mass is 32.1. The number of hydrogen-bond donors (Lipinski definition) is 1. The Kier molecular flexibility index (Phi) is 6.99. The third kappa shape index (κ3) is 4.97. The monoisotopic (exact) mass is 506 g/mol. The van der Waals surface area contributed by atoms with Crippen LogP contribution in [0.25, 0.3) is 0 Å². The van der Waals surface area contributed by atoms with Crippen LogP contribution in [0.15, 0.2) is 60.0 Å². The van der Waals surface area contributed by atoms with Gasteiger partial charge in [0.1, 0.15) is 5.82 Å². The van der Waals surface area contributed by atoms with Gasteiger partial charge in [0.05, 0.1) is 16.0 Å². The second-order valence-electron chi connectivity index (χ2n) is 8.92. The Labute approximate surface area is 213 Å². The molecule has 0 saturated carbocycles. The molecule has 1 aromatic heterocycles. The number of halogens is 1. The lowest BCUT2D eigenvalue weighted by atomic mass is 10.1. The molecular formula is C27H27FN4O3S. The second-order valence-corrected chi connectivity index (χ2v) is 9.87. The van der Waals surface area contributed by atoms with E-state index in [2.05, 4.69) is 10.2 Å². The highest BCUT2D eigenvalue weighted by Crippen LogP contribution is 2.29. The molecular weight excluding hydrogens is 479 g/mol. The quantitative estimate of drug-likeness (QED) is 0.559. The number of amides is 3. The van der Waals surface area contributed by atoms with Crippen molar-refractivity contribution >= 4 is 40.4 Å². The van der Waals surface area contributed by atoms with Crippen molar-refractivity contribution in [1.29, 1.82) is 0 Å². The average Bonchev–Trinajstić information content (AvgIpc) is 3.63. The Morgan fingerprint density at radius 1 is 0.778 bits per heavy atom.